The second kappa shape index (κ2) is 5.36. The summed E-state index contributed by atoms with van der Waals surface area (Å²) in [4.78, 5) is 11.0. The Morgan fingerprint density at radius 1 is 1.47 bits per heavy atom. The number of cyclic esters (lactones) is 1. The van der Waals surface area contributed by atoms with Gasteiger partial charge >= 0.3 is 5.97 Å². The zero-order valence-electron chi connectivity index (χ0n) is 11.6. The van der Waals surface area contributed by atoms with Crippen molar-refractivity contribution in [1.29, 1.82) is 0 Å². The predicted molar refractivity (Wildman–Crippen MR) is 71.4 cm³/mol. The highest BCUT2D eigenvalue weighted by Gasteiger charge is 2.37. The molecule has 98 valence electrons. The second-order valence-electron chi connectivity index (χ2n) is 6.15. The first-order chi connectivity index (χ1) is 7.72. The Morgan fingerprint density at radius 2 is 2.12 bits per heavy atom. The fourth-order valence-corrected chi connectivity index (χ4v) is 2.40. The predicted octanol–water partition coefficient (Wildman–Crippen LogP) is 3.13. The van der Waals surface area contributed by atoms with Gasteiger partial charge in [0.05, 0.1) is 6.61 Å². The van der Waals surface area contributed by atoms with Crippen LogP contribution in [-0.2, 0) is 14.0 Å². The third-order valence-corrected chi connectivity index (χ3v) is 8.20. The van der Waals surface area contributed by atoms with Crippen molar-refractivity contribution in [2.75, 3.05) is 13.2 Å². The van der Waals surface area contributed by atoms with Crippen molar-refractivity contribution in [3.63, 3.8) is 0 Å². The van der Waals surface area contributed by atoms with Crippen LogP contribution in [0.2, 0.25) is 18.1 Å². The van der Waals surface area contributed by atoms with E-state index in [0.717, 1.165) is 6.42 Å². The van der Waals surface area contributed by atoms with Gasteiger partial charge in [-0.25, -0.2) is 4.79 Å². The summed E-state index contributed by atoms with van der Waals surface area (Å²) in [5, 5.41) is 0.230. The van der Waals surface area contributed by atoms with Crippen LogP contribution < -0.4 is 0 Å². The lowest BCUT2D eigenvalue weighted by Crippen LogP contribution is -2.41. The highest BCUT2D eigenvalue weighted by Crippen LogP contribution is 2.36. The Balaban J connectivity index is 2.50. The third kappa shape index (κ3) is 4.28. The Morgan fingerprint density at radius 3 is 2.71 bits per heavy atom. The summed E-state index contributed by atoms with van der Waals surface area (Å²) in [6.07, 6.45) is 4.30. The third-order valence-electron chi connectivity index (χ3n) is 3.70. The average molecular weight is 256 g/mol. The summed E-state index contributed by atoms with van der Waals surface area (Å²) in [6, 6.07) is 0. The molecule has 17 heavy (non-hydrogen) atoms. The van der Waals surface area contributed by atoms with Crippen LogP contribution in [0.3, 0.4) is 0 Å². The molecule has 1 atom stereocenters. The van der Waals surface area contributed by atoms with Crippen molar-refractivity contribution in [2.45, 2.75) is 45.3 Å². The van der Waals surface area contributed by atoms with Crippen LogP contribution >= 0.6 is 0 Å². The first kappa shape index (κ1) is 14.4. The van der Waals surface area contributed by atoms with Crippen LogP contribution in [0.5, 0.6) is 0 Å². The monoisotopic (exact) mass is 256 g/mol. The molecular weight excluding hydrogens is 232 g/mol. The van der Waals surface area contributed by atoms with Gasteiger partial charge in [0.2, 0.25) is 0 Å². The van der Waals surface area contributed by atoms with Crippen LogP contribution in [-0.4, -0.2) is 27.5 Å². The zero-order chi connectivity index (χ0) is 13.1. The van der Waals surface area contributed by atoms with Crippen LogP contribution in [0.25, 0.3) is 0 Å². The molecule has 0 fully saturated rings. The van der Waals surface area contributed by atoms with Gasteiger partial charge in [0.1, 0.15) is 0 Å². The van der Waals surface area contributed by atoms with Crippen molar-refractivity contribution < 1.29 is 14.0 Å². The number of hydrogen-bond acceptors (Lipinski definition) is 3. The van der Waals surface area contributed by atoms with Gasteiger partial charge in [-0.1, -0.05) is 26.8 Å². The largest absolute Gasteiger partial charge is 0.463 e. The Kier molecular flexibility index (Phi) is 4.55. The minimum absolute atomic E-state index is 0.230. The Labute approximate surface area is 105 Å². The molecule has 4 heteroatoms. The molecule has 0 aromatic carbocycles. The van der Waals surface area contributed by atoms with Crippen molar-refractivity contribution >= 4 is 14.3 Å². The van der Waals surface area contributed by atoms with Gasteiger partial charge in [-0.05, 0) is 24.6 Å². The molecule has 0 saturated heterocycles. The van der Waals surface area contributed by atoms with Gasteiger partial charge in [-0.2, -0.15) is 0 Å². The van der Waals surface area contributed by atoms with E-state index in [0.29, 0.717) is 19.1 Å². The van der Waals surface area contributed by atoms with E-state index in [1.165, 1.54) is 6.08 Å². The number of rotatable bonds is 3. The fraction of sp³-hybridized carbons (Fsp3) is 0.769. The normalized spacial score (nSPS) is 22.2. The molecule has 0 amide bonds. The molecule has 0 aromatic heterocycles. The molecule has 0 aromatic rings. The summed E-state index contributed by atoms with van der Waals surface area (Å²) in [5.74, 6) is 0.0652. The maximum absolute atomic E-state index is 11.0. The topological polar surface area (TPSA) is 35.5 Å². The molecule has 1 rings (SSSR count). The van der Waals surface area contributed by atoms with E-state index in [4.69, 9.17) is 9.16 Å². The lowest BCUT2D eigenvalue weighted by molar-refractivity contribution is -0.137. The lowest BCUT2D eigenvalue weighted by atomic mass is 10.1. The highest BCUT2D eigenvalue weighted by atomic mass is 28.4. The van der Waals surface area contributed by atoms with Gasteiger partial charge in [0, 0.05) is 18.6 Å². The number of ether oxygens (including phenoxy) is 1. The molecule has 0 bridgehead atoms. The standard InChI is InChI=1S/C13H24O3Si/c1-13(2,3)17(4,5)16-10-11-6-7-12(14)15-9-8-11/h6-7,11H,8-10H2,1-5H3. The maximum atomic E-state index is 11.0. The van der Waals surface area contributed by atoms with E-state index in [1.54, 1.807) is 0 Å². The van der Waals surface area contributed by atoms with Crippen LogP contribution in [0, 0.1) is 5.92 Å². The van der Waals surface area contributed by atoms with Crippen LogP contribution in [0.4, 0.5) is 0 Å². The van der Waals surface area contributed by atoms with E-state index >= 15 is 0 Å². The SMILES string of the molecule is CC(C)(C)[Si](C)(C)OCC1C=CC(=O)OCC1. The molecule has 0 N–H and O–H groups in total. The molecule has 1 heterocycles. The summed E-state index contributed by atoms with van der Waals surface area (Å²) < 4.78 is 11.1. The van der Waals surface area contributed by atoms with Gasteiger partial charge in [0.25, 0.3) is 0 Å². The van der Waals surface area contributed by atoms with E-state index in [9.17, 15) is 4.79 Å². The highest BCUT2D eigenvalue weighted by molar-refractivity contribution is 6.74. The first-order valence-corrected chi connectivity index (χ1v) is 9.12. The molecule has 0 saturated carbocycles. The molecule has 0 radical (unpaired) electrons. The van der Waals surface area contributed by atoms with E-state index < -0.39 is 8.32 Å². The number of hydrogen-bond donors (Lipinski definition) is 0. The van der Waals surface area contributed by atoms with Gasteiger partial charge in [-0.15, -0.1) is 0 Å². The minimum atomic E-state index is -1.68. The average Bonchev–Trinajstić information content (AvgIpc) is 2.38. The minimum Gasteiger partial charge on any atom is -0.463 e. The van der Waals surface area contributed by atoms with E-state index in [-0.39, 0.29) is 11.0 Å². The Bertz CT molecular complexity index is 302. The van der Waals surface area contributed by atoms with E-state index in [2.05, 4.69) is 33.9 Å². The van der Waals surface area contributed by atoms with E-state index in [1.807, 2.05) is 6.08 Å². The van der Waals surface area contributed by atoms with Crippen molar-refractivity contribution in [3.05, 3.63) is 12.2 Å². The van der Waals surface area contributed by atoms with Crippen molar-refractivity contribution in [2.24, 2.45) is 5.92 Å². The first-order valence-electron chi connectivity index (χ1n) is 6.21. The van der Waals surface area contributed by atoms with Gasteiger partial charge in [-0.3, -0.25) is 0 Å². The summed E-state index contributed by atoms with van der Waals surface area (Å²) in [6.45, 7) is 12.4. The zero-order valence-corrected chi connectivity index (χ0v) is 12.6. The molecule has 0 spiro atoms. The van der Waals surface area contributed by atoms with Crippen LogP contribution in [0.1, 0.15) is 27.2 Å². The molecule has 1 aliphatic heterocycles. The summed E-state index contributed by atoms with van der Waals surface area (Å²) in [5.41, 5.74) is 0. The molecular formula is C13H24O3Si. The fourth-order valence-electron chi connectivity index (χ4n) is 1.34. The summed E-state index contributed by atoms with van der Waals surface area (Å²) >= 11 is 0. The summed E-state index contributed by atoms with van der Waals surface area (Å²) in [7, 11) is -1.68. The maximum Gasteiger partial charge on any atom is 0.330 e. The molecule has 0 aliphatic carbocycles. The number of esters is 1. The van der Waals surface area contributed by atoms with Crippen LogP contribution in [0.15, 0.2) is 12.2 Å². The quantitative estimate of drug-likeness (QED) is 0.575. The lowest BCUT2D eigenvalue weighted by Gasteiger charge is -2.37. The van der Waals surface area contributed by atoms with Crippen molar-refractivity contribution in [3.8, 4) is 0 Å². The number of carbonyl (C=O) groups is 1. The second-order valence-corrected chi connectivity index (χ2v) is 11.0. The molecule has 1 aliphatic rings. The number of carbonyl (C=O) groups excluding carboxylic acids is 1. The van der Waals surface area contributed by atoms with Crippen molar-refractivity contribution in [1.82, 2.24) is 0 Å². The smallest absolute Gasteiger partial charge is 0.330 e. The molecule has 3 nitrogen and oxygen atoms in total. The van der Waals surface area contributed by atoms with Gasteiger partial charge in [0.15, 0.2) is 8.32 Å². The van der Waals surface area contributed by atoms with Gasteiger partial charge < -0.3 is 9.16 Å². The Hall–Kier alpha value is -0.613. The molecule has 1 unspecified atom stereocenters.